The van der Waals surface area contributed by atoms with E-state index in [2.05, 4.69) is 20.2 Å². The van der Waals surface area contributed by atoms with E-state index < -0.39 is 63.4 Å². The highest BCUT2D eigenvalue weighted by Crippen LogP contribution is 2.48. The van der Waals surface area contributed by atoms with Gasteiger partial charge in [0, 0.05) is 48.1 Å². The number of benzene rings is 2. The summed E-state index contributed by atoms with van der Waals surface area (Å²) in [7, 11) is 0. The van der Waals surface area contributed by atoms with Gasteiger partial charge in [0.05, 0.1) is 34.3 Å². The van der Waals surface area contributed by atoms with Crippen LogP contribution in [0.4, 0.5) is 37.0 Å². The molecule has 0 unspecified atom stereocenters. The van der Waals surface area contributed by atoms with Gasteiger partial charge in [0.1, 0.15) is 35.5 Å². The molecule has 2 bridgehead atoms. The van der Waals surface area contributed by atoms with E-state index in [-0.39, 0.29) is 84.1 Å². The van der Waals surface area contributed by atoms with Crippen LogP contribution >= 0.6 is 0 Å². The first-order valence-electron chi connectivity index (χ1n) is 18.0. The summed E-state index contributed by atoms with van der Waals surface area (Å²) in [5.74, 6) is -2.43. The van der Waals surface area contributed by atoms with E-state index in [0.29, 0.717) is 25.8 Å². The van der Waals surface area contributed by atoms with Gasteiger partial charge in [-0.25, -0.2) is 18.0 Å². The molecule has 2 aromatic heterocycles. The van der Waals surface area contributed by atoms with Crippen molar-refractivity contribution in [2.45, 2.75) is 102 Å². The van der Waals surface area contributed by atoms with Crippen molar-refractivity contribution in [3.63, 3.8) is 0 Å². The lowest BCUT2D eigenvalue weighted by atomic mass is 9.90. The number of hydrogen-bond acceptors (Lipinski definition) is 8. The molecular formula is C37H41F6N7O3. The van der Waals surface area contributed by atoms with Crippen molar-refractivity contribution in [3.05, 3.63) is 40.6 Å². The van der Waals surface area contributed by atoms with Crippen LogP contribution in [0.3, 0.4) is 0 Å². The van der Waals surface area contributed by atoms with Crippen LogP contribution in [0.25, 0.3) is 32.9 Å². The molecule has 0 spiro atoms. The zero-order chi connectivity index (χ0) is 37.8. The number of carbonyl (C=O) groups is 1. The Balaban J connectivity index is 1.28. The molecule has 4 aliphatic rings. The van der Waals surface area contributed by atoms with Gasteiger partial charge in [0.25, 0.3) is 0 Å². The summed E-state index contributed by atoms with van der Waals surface area (Å²) in [4.78, 5) is 27.8. The number of aromatic amines is 1. The first kappa shape index (κ1) is 35.7. The fourth-order valence-electron chi connectivity index (χ4n) is 9.11. The van der Waals surface area contributed by atoms with Gasteiger partial charge in [0.2, 0.25) is 0 Å². The Morgan fingerprint density at radius 2 is 1.75 bits per heavy atom. The lowest BCUT2D eigenvalue weighted by Crippen LogP contribution is -2.57. The summed E-state index contributed by atoms with van der Waals surface area (Å²) < 4.78 is 104. The molecule has 0 radical (unpaired) electrons. The minimum absolute atomic E-state index is 0.0106. The molecule has 284 valence electrons. The number of fused-ring (bicyclic) bond motifs is 5. The van der Waals surface area contributed by atoms with Crippen molar-refractivity contribution in [3.8, 4) is 17.1 Å². The normalized spacial score (nSPS) is 24.8. The number of anilines is 1. The lowest BCUT2D eigenvalue weighted by Gasteiger charge is -2.42. The SMILES string of the molecule is Cc1cc2n[nH]c(C)c2c(-c2c(F)cc3c(N4C[C@H]5CC[C@@H](C4)N5C(=O)OC(C)(C)C)nc(OC[C@@]45CCCN4C[C@H](F)C5)nc3c2F)c1C(F)(F)F. The van der Waals surface area contributed by atoms with Gasteiger partial charge in [-0.1, -0.05) is 0 Å². The van der Waals surface area contributed by atoms with Gasteiger partial charge in [-0.05, 0) is 84.5 Å². The minimum atomic E-state index is -4.97. The number of amides is 1. The average Bonchev–Trinajstić information content (AvgIpc) is 3.77. The Bertz CT molecular complexity index is 2120. The Labute approximate surface area is 301 Å². The number of nitrogens with one attached hydrogen (secondary N) is 1. The number of alkyl halides is 4. The Morgan fingerprint density at radius 1 is 1.04 bits per heavy atom. The van der Waals surface area contributed by atoms with Gasteiger partial charge in [-0.2, -0.15) is 28.2 Å². The summed E-state index contributed by atoms with van der Waals surface area (Å²) in [5.41, 5.74) is -4.43. The molecule has 1 amide bonds. The fraction of sp³-hybridized carbons (Fsp3) is 0.568. The molecule has 4 fully saturated rings. The third kappa shape index (κ3) is 6.00. The number of carbonyl (C=O) groups excluding carboxylic acids is 1. The number of H-pyrrole nitrogens is 1. The predicted molar refractivity (Wildman–Crippen MR) is 185 cm³/mol. The zero-order valence-electron chi connectivity index (χ0n) is 30.1. The number of piperazine rings is 1. The standard InChI is InChI=1S/C37H41F6N7O3/c1-18-11-25-26(19(2)46-47-25)28(29(18)37(41,42)43)27-24(39)12-23-31(30(27)40)44-33(52-17-36-9-6-10-49(36)14-20(38)13-36)45-32(23)48-15-21-7-8-22(16-48)50(21)34(51)53-35(3,4)5/h11-12,20-22H,6-10,13-17H2,1-5H3,(H,46,47)/t20-,21-,22+,36+/m1/s1. The maximum atomic E-state index is 17.2. The number of halogens is 6. The van der Waals surface area contributed by atoms with Gasteiger partial charge in [-0.3, -0.25) is 14.9 Å². The average molecular weight is 746 g/mol. The van der Waals surface area contributed by atoms with Crippen LogP contribution in [0.5, 0.6) is 6.01 Å². The van der Waals surface area contributed by atoms with Crippen molar-refractivity contribution in [2.24, 2.45) is 0 Å². The van der Waals surface area contributed by atoms with Crippen molar-refractivity contribution in [1.82, 2.24) is 30.0 Å². The maximum Gasteiger partial charge on any atom is 0.417 e. The first-order chi connectivity index (χ1) is 24.9. The summed E-state index contributed by atoms with van der Waals surface area (Å²) in [5, 5.41) is 6.61. The summed E-state index contributed by atoms with van der Waals surface area (Å²) >= 11 is 0. The quantitative estimate of drug-likeness (QED) is 0.208. The Hall–Kier alpha value is -4.34. The summed E-state index contributed by atoms with van der Waals surface area (Å²) in [6.07, 6.45) is -3.35. The van der Waals surface area contributed by atoms with Gasteiger partial charge < -0.3 is 14.4 Å². The molecule has 0 saturated carbocycles. The zero-order valence-corrected chi connectivity index (χ0v) is 30.1. The molecule has 6 heterocycles. The molecule has 10 nitrogen and oxygen atoms in total. The number of nitrogens with zero attached hydrogens (tertiary/aromatic N) is 6. The van der Waals surface area contributed by atoms with E-state index in [1.807, 2.05) is 9.80 Å². The molecule has 4 aromatic rings. The summed E-state index contributed by atoms with van der Waals surface area (Å²) in [6, 6.07) is 1.35. The monoisotopic (exact) mass is 745 g/mol. The van der Waals surface area contributed by atoms with Crippen LogP contribution in [-0.4, -0.2) is 98.2 Å². The second-order valence-electron chi connectivity index (χ2n) is 16.0. The third-order valence-electron chi connectivity index (χ3n) is 11.2. The number of aryl methyl sites for hydroxylation is 2. The topological polar surface area (TPSA) is 99.7 Å². The number of rotatable bonds is 5. The minimum Gasteiger partial charge on any atom is -0.461 e. The van der Waals surface area contributed by atoms with Crippen LogP contribution in [0, 0.1) is 25.5 Å². The first-order valence-corrected chi connectivity index (χ1v) is 18.0. The molecule has 4 atom stereocenters. The molecule has 53 heavy (non-hydrogen) atoms. The molecule has 2 aromatic carbocycles. The Morgan fingerprint density at radius 3 is 2.43 bits per heavy atom. The number of aromatic nitrogens is 4. The predicted octanol–water partition coefficient (Wildman–Crippen LogP) is 7.63. The van der Waals surface area contributed by atoms with Crippen LogP contribution in [0.1, 0.15) is 69.7 Å². The van der Waals surface area contributed by atoms with Crippen LogP contribution < -0.4 is 9.64 Å². The van der Waals surface area contributed by atoms with Crippen LogP contribution in [0.15, 0.2) is 12.1 Å². The molecule has 4 saturated heterocycles. The van der Waals surface area contributed by atoms with E-state index in [9.17, 15) is 22.4 Å². The number of hydrogen-bond donors (Lipinski definition) is 1. The van der Waals surface area contributed by atoms with Gasteiger partial charge in [-0.15, -0.1) is 0 Å². The molecule has 1 N–H and O–H groups in total. The maximum absolute atomic E-state index is 17.2. The molecular weight excluding hydrogens is 704 g/mol. The highest BCUT2D eigenvalue weighted by molar-refractivity contribution is 6.03. The number of ether oxygens (including phenoxy) is 2. The van der Waals surface area contributed by atoms with E-state index in [0.717, 1.165) is 12.5 Å². The molecule has 16 heteroatoms. The Kier molecular flexibility index (Phi) is 8.31. The van der Waals surface area contributed by atoms with E-state index in [4.69, 9.17) is 9.47 Å². The molecule has 0 aliphatic carbocycles. The van der Waals surface area contributed by atoms with Crippen molar-refractivity contribution in [1.29, 1.82) is 0 Å². The second kappa shape index (κ2) is 12.4. The third-order valence-corrected chi connectivity index (χ3v) is 11.2. The smallest absolute Gasteiger partial charge is 0.417 e. The van der Waals surface area contributed by atoms with Crippen LogP contribution in [0.2, 0.25) is 0 Å². The van der Waals surface area contributed by atoms with E-state index in [1.165, 1.54) is 19.9 Å². The van der Waals surface area contributed by atoms with Crippen molar-refractivity contribution < 1.29 is 40.6 Å². The summed E-state index contributed by atoms with van der Waals surface area (Å²) in [6.45, 7) is 9.54. The largest absolute Gasteiger partial charge is 0.461 e. The van der Waals surface area contributed by atoms with Gasteiger partial charge >= 0.3 is 18.3 Å². The van der Waals surface area contributed by atoms with E-state index in [1.54, 1.807) is 25.7 Å². The highest BCUT2D eigenvalue weighted by Gasteiger charge is 2.50. The van der Waals surface area contributed by atoms with Crippen molar-refractivity contribution in [2.75, 3.05) is 37.7 Å². The van der Waals surface area contributed by atoms with Gasteiger partial charge in [0.15, 0.2) is 5.82 Å². The second-order valence-corrected chi connectivity index (χ2v) is 16.0. The lowest BCUT2D eigenvalue weighted by molar-refractivity contribution is -0.137. The molecule has 4 aliphatic heterocycles. The van der Waals surface area contributed by atoms with Crippen molar-refractivity contribution >= 4 is 33.7 Å². The fourth-order valence-corrected chi connectivity index (χ4v) is 9.11. The van der Waals surface area contributed by atoms with Crippen LogP contribution in [-0.2, 0) is 10.9 Å². The highest BCUT2D eigenvalue weighted by atomic mass is 19.4. The van der Waals surface area contributed by atoms with E-state index >= 15 is 8.78 Å². The molecule has 8 rings (SSSR count).